The van der Waals surface area contributed by atoms with Gasteiger partial charge in [-0.1, -0.05) is 107 Å². The minimum Gasteiger partial charge on any atom is -0.481 e. The van der Waals surface area contributed by atoms with Crippen LogP contribution in [0, 0.1) is 113 Å². The zero-order valence-electron chi connectivity index (χ0n) is 44.3. The highest BCUT2D eigenvalue weighted by Gasteiger charge is 2.73. The van der Waals surface area contributed by atoms with Crippen molar-refractivity contribution < 1.29 is 30.0 Å². The van der Waals surface area contributed by atoms with E-state index in [1.165, 1.54) is 49.7 Å². The summed E-state index contributed by atoms with van der Waals surface area (Å²) in [6.45, 7) is 35.8. The average molecular weight is 913 g/mol. The Hall–Kier alpha value is -1.66. The Morgan fingerprint density at radius 2 is 1.09 bits per heavy atom. The maximum absolute atomic E-state index is 12.8. The Balaban J connectivity index is 0.000000166. The predicted molar refractivity (Wildman–Crippen MR) is 265 cm³/mol. The lowest BCUT2D eigenvalue weighted by molar-refractivity contribution is -0.248. The summed E-state index contributed by atoms with van der Waals surface area (Å²) in [4.78, 5) is 25.5. The molecule has 0 aromatic heterocycles. The van der Waals surface area contributed by atoms with Gasteiger partial charge in [0.25, 0.3) is 0 Å². The highest BCUT2D eigenvalue weighted by atomic mass is 16.4. The second kappa shape index (κ2) is 15.4. The lowest BCUT2D eigenvalue weighted by atomic mass is 9.32. The van der Waals surface area contributed by atoms with Gasteiger partial charge in [0.1, 0.15) is 0 Å². The third-order valence-corrected chi connectivity index (χ3v) is 26.9. The Morgan fingerprint density at radius 1 is 0.561 bits per heavy atom. The van der Waals surface area contributed by atoms with E-state index in [2.05, 4.69) is 103 Å². The Kier molecular flexibility index (Phi) is 11.5. The molecule has 0 radical (unpaired) electrons. The number of carboxylic acid groups (broad SMARTS) is 2. The molecule has 9 saturated carbocycles. The number of carbonyl (C=O) groups is 2. The summed E-state index contributed by atoms with van der Waals surface area (Å²) in [7, 11) is 0. The second-order valence-electron chi connectivity index (χ2n) is 29.0. The van der Waals surface area contributed by atoms with Crippen molar-refractivity contribution in [2.24, 2.45) is 113 Å². The van der Waals surface area contributed by atoms with Crippen LogP contribution in [0.1, 0.15) is 212 Å². The maximum Gasteiger partial charge on any atom is 0.310 e. The van der Waals surface area contributed by atoms with E-state index in [1.54, 1.807) is 0 Å². The number of carboxylic acids is 2. The van der Waals surface area contributed by atoms with Gasteiger partial charge >= 0.3 is 11.9 Å². The number of aliphatic carboxylic acids is 2. The van der Waals surface area contributed by atoms with Gasteiger partial charge in [-0.3, -0.25) is 9.59 Å². The van der Waals surface area contributed by atoms with Crippen molar-refractivity contribution in [3.8, 4) is 0 Å². The molecule has 0 heterocycles. The Bertz CT molecular complexity index is 2020. The number of rotatable bonds is 3. The van der Waals surface area contributed by atoms with E-state index in [0.717, 1.165) is 83.5 Å². The molecule has 0 bridgehead atoms. The third-order valence-electron chi connectivity index (χ3n) is 26.9. The maximum atomic E-state index is 12.8. The second-order valence-corrected chi connectivity index (χ2v) is 29.0. The van der Waals surface area contributed by atoms with Crippen LogP contribution in [0.4, 0.5) is 0 Å². The summed E-state index contributed by atoms with van der Waals surface area (Å²) < 4.78 is 0. The molecule has 0 saturated heterocycles. The van der Waals surface area contributed by atoms with Crippen LogP contribution in [0.25, 0.3) is 0 Å². The van der Waals surface area contributed by atoms with Crippen LogP contribution in [-0.4, -0.2) is 44.6 Å². The van der Waals surface area contributed by atoms with E-state index >= 15 is 0 Å². The highest BCUT2D eigenvalue weighted by Crippen LogP contribution is 2.79. The SMILES string of the molecule is C=C(C)[C@@H]1CC[C@]2(C(=O)O)CC[C@]3(C)[C@H](CC[C@@H]4[C@@]5(C)CC[C@H](O)C(C)(C)[C@@H]5CC[C@]43C)[C@@H]12.C[C@H]1[C@H](C)CC[C@]2(C(=O)O)CC[C@]3(C)C(=CC[C@@H]4[C@@]5(C)CC[C@H](O)C(C)(C)[C@@H]5CC[C@]43C)[C@H]12. The fourth-order valence-electron chi connectivity index (χ4n) is 22.3. The fourth-order valence-corrected chi connectivity index (χ4v) is 22.3. The molecular formula is C60H96O6. The third kappa shape index (κ3) is 6.08. The number of fused-ring (bicyclic) bond motifs is 14. The van der Waals surface area contributed by atoms with Crippen molar-refractivity contribution in [3.05, 3.63) is 23.8 Å². The van der Waals surface area contributed by atoms with Crippen LogP contribution < -0.4 is 0 Å². The molecular weight excluding hydrogens is 817 g/mol. The lowest BCUT2D eigenvalue weighted by Gasteiger charge is -2.72. The van der Waals surface area contributed by atoms with Crippen LogP contribution in [-0.2, 0) is 9.59 Å². The molecule has 0 unspecified atom stereocenters. The zero-order chi connectivity index (χ0) is 48.4. The summed E-state index contributed by atoms with van der Waals surface area (Å²) in [5.74, 6) is 3.62. The summed E-state index contributed by atoms with van der Waals surface area (Å²) >= 11 is 0. The van der Waals surface area contributed by atoms with Gasteiger partial charge in [0.05, 0.1) is 23.0 Å². The van der Waals surface area contributed by atoms with Gasteiger partial charge in [0, 0.05) is 0 Å². The predicted octanol–water partition coefficient (Wildman–Crippen LogP) is 14.2. The first-order valence-corrected chi connectivity index (χ1v) is 27.7. The minimum atomic E-state index is -0.557. The minimum absolute atomic E-state index is 0.0202. The smallest absolute Gasteiger partial charge is 0.310 e. The molecule has 0 aliphatic heterocycles. The van der Waals surface area contributed by atoms with E-state index in [1.807, 2.05) is 0 Å². The van der Waals surface area contributed by atoms with Crippen LogP contribution in [0.3, 0.4) is 0 Å². The highest BCUT2D eigenvalue weighted by molar-refractivity contribution is 5.77. The number of allylic oxidation sites excluding steroid dienone is 3. The van der Waals surface area contributed by atoms with Gasteiger partial charge in [0.15, 0.2) is 0 Å². The number of hydrogen-bond donors (Lipinski definition) is 4. The topological polar surface area (TPSA) is 115 Å². The molecule has 0 aromatic rings. The van der Waals surface area contributed by atoms with E-state index in [4.69, 9.17) is 0 Å². The summed E-state index contributed by atoms with van der Waals surface area (Å²) in [5.41, 5.74) is 2.81. The molecule has 0 aromatic carbocycles. The molecule has 66 heavy (non-hydrogen) atoms. The van der Waals surface area contributed by atoms with Gasteiger partial charge in [-0.15, -0.1) is 0 Å². The molecule has 9 fully saturated rings. The molecule has 0 amide bonds. The Morgan fingerprint density at radius 3 is 1.65 bits per heavy atom. The quantitative estimate of drug-likeness (QED) is 0.210. The Labute approximate surface area is 401 Å². The normalized spacial score (nSPS) is 55.2. The summed E-state index contributed by atoms with van der Waals surface area (Å²) in [5, 5.41) is 42.8. The number of aliphatic hydroxyl groups excluding tert-OH is 2. The molecule has 20 atom stereocenters. The molecule has 10 aliphatic carbocycles. The van der Waals surface area contributed by atoms with Crippen molar-refractivity contribution >= 4 is 11.9 Å². The van der Waals surface area contributed by atoms with Gasteiger partial charge in [0.2, 0.25) is 0 Å². The zero-order valence-corrected chi connectivity index (χ0v) is 44.3. The average Bonchev–Trinajstić information content (AvgIpc) is 3.65. The van der Waals surface area contributed by atoms with E-state index in [9.17, 15) is 30.0 Å². The fraction of sp³-hybridized carbons (Fsp3) is 0.900. The molecule has 6 nitrogen and oxygen atoms in total. The molecule has 0 spiro atoms. The standard InChI is InChI=1S/2C30H48O3/c1-18-10-15-30(25(32)33)17-16-28(6)20(24(30)19(18)2)8-9-22-27(5)13-12-23(31)26(3,4)21(27)11-14-29(22,28)7;1-18(2)19-10-15-30(25(32)33)17-16-28(6)20(24(19)30)8-9-22-27(5)13-12-23(31)26(3,4)21(27)11-14-29(22,28)7/h8,18-19,21-24,31H,9-17H2,1-7H3,(H,32,33);19-24,31H,1,8-17H2,2-7H3,(H,32,33)/t18-,19+,21+,22-,23+,24+,27+,28-,29-,30+;19-,20+,21-,22+,23-,24+,27-,28+,29+,30-/m10/s1. The first-order valence-electron chi connectivity index (χ1n) is 27.7. The molecule has 6 heteroatoms. The van der Waals surface area contributed by atoms with Gasteiger partial charge in [-0.2, -0.15) is 0 Å². The summed E-state index contributed by atoms with van der Waals surface area (Å²) in [6.07, 6.45) is 22.1. The number of hydrogen-bond acceptors (Lipinski definition) is 4. The van der Waals surface area contributed by atoms with Crippen LogP contribution in [0.15, 0.2) is 23.8 Å². The molecule has 10 rings (SSSR count). The first-order chi connectivity index (χ1) is 30.5. The van der Waals surface area contributed by atoms with Crippen LogP contribution in [0.2, 0.25) is 0 Å². The first kappa shape index (κ1) is 49.3. The monoisotopic (exact) mass is 913 g/mol. The van der Waals surface area contributed by atoms with Crippen molar-refractivity contribution in [3.63, 3.8) is 0 Å². The summed E-state index contributed by atoms with van der Waals surface area (Å²) in [6, 6.07) is 0. The molecule has 10 aliphatic rings. The van der Waals surface area contributed by atoms with Crippen molar-refractivity contribution in [1.29, 1.82) is 0 Å². The number of aliphatic hydroxyl groups is 2. The van der Waals surface area contributed by atoms with E-state index in [0.29, 0.717) is 47.3 Å². The van der Waals surface area contributed by atoms with Gasteiger partial charge < -0.3 is 20.4 Å². The van der Waals surface area contributed by atoms with Crippen LogP contribution >= 0.6 is 0 Å². The van der Waals surface area contributed by atoms with Crippen molar-refractivity contribution in [1.82, 2.24) is 0 Å². The lowest BCUT2D eigenvalue weighted by Crippen LogP contribution is -2.67. The molecule has 4 N–H and O–H groups in total. The van der Waals surface area contributed by atoms with E-state index in [-0.39, 0.29) is 67.4 Å². The van der Waals surface area contributed by atoms with Gasteiger partial charge in [-0.05, 0) is 231 Å². The van der Waals surface area contributed by atoms with E-state index < -0.39 is 22.8 Å². The largest absolute Gasteiger partial charge is 0.481 e. The molecule has 372 valence electrons. The van der Waals surface area contributed by atoms with Gasteiger partial charge in [-0.25, -0.2) is 0 Å². The van der Waals surface area contributed by atoms with Crippen molar-refractivity contribution in [2.75, 3.05) is 0 Å². The van der Waals surface area contributed by atoms with Crippen molar-refractivity contribution in [2.45, 2.75) is 224 Å². The van der Waals surface area contributed by atoms with Crippen LogP contribution in [0.5, 0.6) is 0 Å².